The zero-order valence-corrected chi connectivity index (χ0v) is 11.8. The van der Waals surface area contributed by atoms with Crippen molar-refractivity contribution in [3.05, 3.63) is 35.9 Å². The molecule has 0 bridgehead atoms. The number of rotatable bonds is 7. The van der Waals surface area contributed by atoms with E-state index in [2.05, 4.69) is 10.6 Å². The average molecular weight is 278 g/mol. The summed E-state index contributed by atoms with van der Waals surface area (Å²) >= 11 is 0. The molecule has 0 fully saturated rings. The van der Waals surface area contributed by atoms with Crippen molar-refractivity contribution in [3.8, 4) is 0 Å². The Hall–Kier alpha value is -1.88. The van der Waals surface area contributed by atoms with Gasteiger partial charge < -0.3 is 15.7 Å². The number of benzene rings is 1. The third-order valence-electron chi connectivity index (χ3n) is 2.92. The Bertz CT molecular complexity index is 420. The molecule has 5 nitrogen and oxygen atoms in total. The van der Waals surface area contributed by atoms with E-state index >= 15 is 0 Å². The van der Waals surface area contributed by atoms with E-state index in [0.29, 0.717) is 13.0 Å². The molecule has 5 heteroatoms. The van der Waals surface area contributed by atoms with Crippen LogP contribution in [0.3, 0.4) is 0 Å². The van der Waals surface area contributed by atoms with Gasteiger partial charge in [0.1, 0.15) is 0 Å². The smallest absolute Gasteiger partial charge is 0.309 e. The first-order valence-electron chi connectivity index (χ1n) is 6.87. The molecule has 3 N–H and O–H groups in total. The predicted molar refractivity (Wildman–Crippen MR) is 77.1 cm³/mol. The number of aryl methyl sites for hydroxylation is 1. The fourth-order valence-electron chi connectivity index (χ4n) is 1.77. The van der Waals surface area contributed by atoms with Crippen LogP contribution < -0.4 is 10.6 Å². The number of carbonyl (C=O) groups excluding carboxylic acids is 2. The van der Waals surface area contributed by atoms with Crippen molar-refractivity contribution in [2.45, 2.75) is 32.2 Å². The maximum Gasteiger partial charge on any atom is 0.309 e. The van der Waals surface area contributed by atoms with Gasteiger partial charge in [-0.05, 0) is 31.7 Å². The summed E-state index contributed by atoms with van der Waals surface area (Å²) in [6, 6.07) is 9.77. The molecule has 0 aliphatic rings. The summed E-state index contributed by atoms with van der Waals surface area (Å²) in [5.41, 5.74) is 1.21. The predicted octanol–water partition coefficient (Wildman–Crippen LogP) is 0.623. The molecule has 0 saturated heterocycles. The van der Waals surface area contributed by atoms with E-state index in [4.69, 9.17) is 5.11 Å². The summed E-state index contributed by atoms with van der Waals surface area (Å²) in [5.74, 6) is -1.27. The largest absolute Gasteiger partial charge is 0.396 e. The molecule has 20 heavy (non-hydrogen) atoms. The van der Waals surface area contributed by atoms with Crippen LogP contribution in [0.2, 0.25) is 0 Å². The lowest BCUT2D eigenvalue weighted by atomic mass is 10.1. The molecule has 0 saturated carbocycles. The van der Waals surface area contributed by atoms with Crippen molar-refractivity contribution in [3.63, 3.8) is 0 Å². The number of nitrogens with one attached hydrogen (secondary N) is 2. The third-order valence-corrected chi connectivity index (χ3v) is 2.92. The number of hydrogen-bond acceptors (Lipinski definition) is 3. The second-order valence-electron chi connectivity index (χ2n) is 4.73. The number of aliphatic hydroxyl groups is 1. The molecular weight excluding hydrogens is 256 g/mol. The van der Waals surface area contributed by atoms with E-state index in [1.54, 1.807) is 6.92 Å². The second kappa shape index (κ2) is 9.09. The molecule has 1 atom stereocenters. The van der Waals surface area contributed by atoms with Gasteiger partial charge in [0.2, 0.25) is 0 Å². The van der Waals surface area contributed by atoms with Gasteiger partial charge in [-0.25, -0.2) is 0 Å². The monoisotopic (exact) mass is 278 g/mol. The third kappa shape index (κ3) is 6.33. The molecule has 0 spiro atoms. The molecule has 1 aromatic rings. The molecule has 0 radical (unpaired) electrons. The molecule has 1 aromatic carbocycles. The van der Waals surface area contributed by atoms with Gasteiger partial charge in [0, 0.05) is 19.2 Å². The molecule has 0 aliphatic heterocycles. The number of aliphatic hydroxyl groups excluding tert-OH is 1. The van der Waals surface area contributed by atoms with Crippen LogP contribution in [-0.4, -0.2) is 36.1 Å². The maximum atomic E-state index is 11.5. The molecule has 110 valence electrons. The van der Waals surface area contributed by atoms with Gasteiger partial charge >= 0.3 is 11.8 Å². The van der Waals surface area contributed by atoms with Gasteiger partial charge in [-0.2, -0.15) is 0 Å². The van der Waals surface area contributed by atoms with Crippen LogP contribution in [0.25, 0.3) is 0 Å². The summed E-state index contributed by atoms with van der Waals surface area (Å²) in [4.78, 5) is 23.0. The van der Waals surface area contributed by atoms with Crippen LogP contribution in [0.5, 0.6) is 0 Å². The first kappa shape index (κ1) is 16.2. The SMILES string of the molecule is CC(CCO)NC(=O)C(=O)NCCCc1ccccc1. The number of carbonyl (C=O) groups is 2. The highest BCUT2D eigenvalue weighted by atomic mass is 16.3. The summed E-state index contributed by atoms with van der Waals surface area (Å²) < 4.78 is 0. The van der Waals surface area contributed by atoms with Gasteiger partial charge in [-0.15, -0.1) is 0 Å². The van der Waals surface area contributed by atoms with E-state index in [1.807, 2.05) is 30.3 Å². The number of hydrogen-bond donors (Lipinski definition) is 3. The Balaban J connectivity index is 2.18. The Morgan fingerprint density at radius 3 is 2.55 bits per heavy atom. The van der Waals surface area contributed by atoms with Crippen LogP contribution in [0, 0.1) is 0 Å². The highest BCUT2D eigenvalue weighted by Gasteiger charge is 2.14. The summed E-state index contributed by atoms with van der Waals surface area (Å²) in [6.07, 6.45) is 2.09. The van der Waals surface area contributed by atoms with Crippen molar-refractivity contribution < 1.29 is 14.7 Å². The van der Waals surface area contributed by atoms with E-state index in [0.717, 1.165) is 12.8 Å². The standard InChI is InChI=1S/C15H22N2O3/c1-12(9-11-18)17-15(20)14(19)16-10-5-8-13-6-3-2-4-7-13/h2-4,6-7,12,18H,5,8-11H2,1H3,(H,16,19)(H,17,20). The quantitative estimate of drug-likeness (QED) is 0.505. The zero-order valence-electron chi connectivity index (χ0n) is 11.8. The van der Waals surface area contributed by atoms with Crippen LogP contribution in [0.4, 0.5) is 0 Å². The van der Waals surface area contributed by atoms with Crippen molar-refractivity contribution >= 4 is 11.8 Å². The topological polar surface area (TPSA) is 78.4 Å². The van der Waals surface area contributed by atoms with Crippen LogP contribution >= 0.6 is 0 Å². The van der Waals surface area contributed by atoms with Crippen molar-refractivity contribution in [1.82, 2.24) is 10.6 Å². The molecule has 0 heterocycles. The lowest BCUT2D eigenvalue weighted by molar-refractivity contribution is -0.139. The van der Waals surface area contributed by atoms with Gasteiger partial charge in [0.05, 0.1) is 0 Å². The van der Waals surface area contributed by atoms with Crippen LogP contribution in [-0.2, 0) is 16.0 Å². The molecule has 1 unspecified atom stereocenters. The minimum Gasteiger partial charge on any atom is -0.396 e. The molecular formula is C15H22N2O3. The van der Waals surface area contributed by atoms with E-state index in [1.165, 1.54) is 5.56 Å². The summed E-state index contributed by atoms with van der Waals surface area (Å²) in [7, 11) is 0. The van der Waals surface area contributed by atoms with Gasteiger partial charge in [0.25, 0.3) is 0 Å². The average Bonchev–Trinajstić information content (AvgIpc) is 2.44. The van der Waals surface area contributed by atoms with Crippen molar-refractivity contribution in [2.75, 3.05) is 13.2 Å². The Kier molecular flexibility index (Phi) is 7.35. The normalized spacial score (nSPS) is 11.7. The van der Waals surface area contributed by atoms with E-state index in [9.17, 15) is 9.59 Å². The first-order valence-corrected chi connectivity index (χ1v) is 6.87. The van der Waals surface area contributed by atoms with Gasteiger partial charge in [-0.3, -0.25) is 9.59 Å². The van der Waals surface area contributed by atoms with Gasteiger partial charge in [0.15, 0.2) is 0 Å². The molecule has 1 rings (SSSR count). The summed E-state index contributed by atoms with van der Waals surface area (Å²) in [5, 5.41) is 13.8. The van der Waals surface area contributed by atoms with Crippen LogP contribution in [0.1, 0.15) is 25.3 Å². The zero-order chi connectivity index (χ0) is 14.8. The van der Waals surface area contributed by atoms with Gasteiger partial charge in [-0.1, -0.05) is 30.3 Å². The molecule has 0 aliphatic carbocycles. The second-order valence-corrected chi connectivity index (χ2v) is 4.73. The lowest BCUT2D eigenvalue weighted by Gasteiger charge is -2.12. The van der Waals surface area contributed by atoms with E-state index < -0.39 is 11.8 Å². The summed E-state index contributed by atoms with van der Waals surface area (Å²) in [6.45, 7) is 2.20. The van der Waals surface area contributed by atoms with Crippen molar-refractivity contribution in [2.24, 2.45) is 0 Å². The number of amides is 2. The minimum atomic E-state index is -0.648. The first-order chi connectivity index (χ1) is 9.63. The molecule has 2 amide bonds. The molecule has 0 aromatic heterocycles. The fraction of sp³-hybridized carbons (Fsp3) is 0.467. The Morgan fingerprint density at radius 1 is 1.20 bits per heavy atom. The Labute approximate surface area is 119 Å². The van der Waals surface area contributed by atoms with Crippen LogP contribution in [0.15, 0.2) is 30.3 Å². The lowest BCUT2D eigenvalue weighted by Crippen LogP contribution is -2.44. The minimum absolute atomic E-state index is 0.0137. The van der Waals surface area contributed by atoms with Crippen molar-refractivity contribution in [1.29, 1.82) is 0 Å². The highest BCUT2D eigenvalue weighted by Crippen LogP contribution is 2.01. The Morgan fingerprint density at radius 2 is 1.90 bits per heavy atom. The fourth-order valence-corrected chi connectivity index (χ4v) is 1.77. The van der Waals surface area contributed by atoms with E-state index in [-0.39, 0.29) is 12.6 Å². The highest BCUT2D eigenvalue weighted by molar-refractivity contribution is 6.35. The maximum absolute atomic E-state index is 11.5.